The normalized spacial score (nSPS) is 10.8. The molecule has 16 heavy (non-hydrogen) atoms. The van der Waals surface area contributed by atoms with Gasteiger partial charge in [-0.2, -0.15) is 0 Å². The van der Waals surface area contributed by atoms with Crippen LogP contribution in [0.4, 0.5) is 0 Å². The number of hydrogen-bond donors (Lipinski definition) is 0. The van der Waals surface area contributed by atoms with Gasteiger partial charge in [-0.25, -0.2) is 0 Å². The van der Waals surface area contributed by atoms with Gasteiger partial charge in [-0.1, -0.05) is 24.9 Å². The Labute approximate surface area is 103 Å². The summed E-state index contributed by atoms with van der Waals surface area (Å²) in [5.41, 5.74) is 0. The zero-order valence-electron chi connectivity index (χ0n) is 10.1. The first kappa shape index (κ1) is 13.3. The first-order valence-electron chi connectivity index (χ1n) is 5.79. The predicted molar refractivity (Wildman–Crippen MR) is 69.4 cm³/mol. The maximum absolute atomic E-state index is 5.79. The van der Waals surface area contributed by atoms with E-state index >= 15 is 0 Å². The lowest BCUT2D eigenvalue weighted by atomic mass is 10.3. The Morgan fingerprint density at radius 3 is 2.50 bits per heavy atom. The number of likely N-dealkylation sites (N-methyl/N-ethyl adjacent to an activating group) is 1. The molecule has 3 heteroatoms. The minimum atomic E-state index is 0.724. The summed E-state index contributed by atoms with van der Waals surface area (Å²) in [4.78, 5) is 2.29. The van der Waals surface area contributed by atoms with Crippen molar-refractivity contribution in [2.45, 2.75) is 19.8 Å². The Bertz CT molecular complexity index is 286. The van der Waals surface area contributed by atoms with Crippen molar-refractivity contribution in [3.8, 4) is 5.75 Å². The number of halogens is 1. The van der Waals surface area contributed by atoms with Gasteiger partial charge in [-0.3, -0.25) is 0 Å². The van der Waals surface area contributed by atoms with Crippen molar-refractivity contribution in [2.75, 3.05) is 26.7 Å². The summed E-state index contributed by atoms with van der Waals surface area (Å²) >= 11 is 5.79. The Morgan fingerprint density at radius 1 is 1.19 bits per heavy atom. The molecule has 0 saturated carbocycles. The maximum Gasteiger partial charge on any atom is 0.119 e. The van der Waals surface area contributed by atoms with Crippen molar-refractivity contribution >= 4 is 11.6 Å². The lowest BCUT2D eigenvalue weighted by Gasteiger charge is -2.16. The average Bonchev–Trinajstić information content (AvgIpc) is 2.29. The third-order valence-electron chi connectivity index (χ3n) is 2.45. The zero-order chi connectivity index (χ0) is 11.8. The average molecular weight is 242 g/mol. The number of benzene rings is 1. The lowest BCUT2D eigenvalue weighted by molar-refractivity contribution is 0.235. The van der Waals surface area contributed by atoms with E-state index in [0.717, 1.165) is 30.5 Å². The molecule has 0 bridgehead atoms. The van der Waals surface area contributed by atoms with Crippen LogP contribution >= 0.6 is 11.6 Å². The largest absolute Gasteiger partial charge is 0.492 e. The highest BCUT2D eigenvalue weighted by Crippen LogP contribution is 2.15. The van der Waals surface area contributed by atoms with Crippen molar-refractivity contribution in [3.05, 3.63) is 29.3 Å². The Hall–Kier alpha value is -0.730. The van der Waals surface area contributed by atoms with E-state index in [1.165, 1.54) is 12.8 Å². The fraction of sp³-hybridized carbons (Fsp3) is 0.538. The number of unbranched alkanes of at least 4 members (excludes halogenated alkanes) is 1. The van der Waals surface area contributed by atoms with E-state index in [4.69, 9.17) is 16.3 Å². The topological polar surface area (TPSA) is 12.5 Å². The molecule has 0 fully saturated rings. The molecule has 0 saturated heterocycles. The van der Waals surface area contributed by atoms with Gasteiger partial charge in [0, 0.05) is 11.6 Å². The van der Waals surface area contributed by atoms with Gasteiger partial charge in [0.05, 0.1) is 0 Å². The molecular formula is C13H20ClNO. The van der Waals surface area contributed by atoms with Crippen LogP contribution in [0, 0.1) is 0 Å². The van der Waals surface area contributed by atoms with Gasteiger partial charge in [0.15, 0.2) is 0 Å². The molecule has 1 aromatic carbocycles. The molecule has 0 atom stereocenters. The summed E-state index contributed by atoms with van der Waals surface area (Å²) in [5, 5.41) is 0.743. The molecule has 0 aliphatic rings. The van der Waals surface area contributed by atoms with Gasteiger partial charge < -0.3 is 9.64 Å². The molecule has 0 amide bonds. The van der Waals surface area contributed by atoms with Gasteiger partial charge >= 0.3 is 0 Å². The molecule has 0 aromatic heterocycles. The van der Waals surface area contributed by atoms with Crippen LogP contribution in [0.2, 0.25) is 5.02 Å². The predicted octanol–water partition coefficient (Wildman–Crippen LogP) is 3.45. The van der Waals surface area contributed by atoms with Gasteiger partial charge in [0.1, 0.15) is 12.4 Å². The second kappa shape index (κ2) is 7.53. The van der Waals surface area contributed by atoms with Gasteiger partial charge in [0.25, 0.3) is 0 Å². The molecule has 1 rings (SSSR count). The van der Waals surface area contributed by atoms with Crippen LogP contribution in [0.25, 0.3) is 0 Å². The minimum absolute atomic E-state index is 0.724. The lowest BCUT2D eigenvalue weighted by Crippen LogP contribution is -2.25. The van der Waals surface area contributed by atoms with Crippen molar-refractivity contribution in [3.63, 3.8) is 0 Å². The van der Waals surface area contributed by atoms with E-state index in [2.05, 4.69) is 18.9 Å². The molecule has 1 aromatic rings. The quantitative estimate of drug-likeness (QED) is 0.725. The highest BCUT2D eigenvalue weighted by Gasteiger charge is 1.98. The van der Waals surface area contributed by atoms with Crippen LogP contribution in [-0.2, 0) is 0 Å². The standard InChI is InChI=1S/C13H20ClNO/c1-3-4-9-15(2)10-11-16-13-7-5-12(14)6-8-13/h5-8H,3-4,9-11H2,1-2H3. The number of nitrogens with zero attached hydrogens (tertiary/aromatic N) is 1. The number of rotatable bonds is 7. The molecule has 0 aliphatic heterocycles. The number of ether oxygens (including phenoxy) is 1. The molecule has 90 valence electrons. The first-order chi connectivity index (χ1) is 7.72. The fourth-order valence-corrected chi connectivity index (χ4v) is 1.52. The summed E-state index contributed by atoms with van der Waals surface area (Å²) in [6, 6.07) is 7.48. The molecule has 0 radical (unpaired) electrons. The summed E-state index contributed by atoms with van der Waals surface area (Å²) in [6.45, 7) is 5.03. The summed E-state index contributed by atoms with van der Waals surface area (Å²) < 4.78 is 5.61. The molecule has 0 unspecified atom stereocenters. The van der Waals surface area contributed by atoms with Crippen molar-refractivity contribution < 1.29 is 4.74 Å². The second-order valence-corrected chi connectivity index (χ2v) is 4.40. The van der Waals surface area contributed by atoms with Gasteiger partial charge in [0.2, 0.25) is 0 Å². The smallest absolute Gasteiger partial charge is 0.119 e. The third kappa shape index (κ3) is 5.38. The molecule has 0 heterocycles. The van der Waals surface area contributed by atoms with E-state index in [9.17, 15) is 0 Å². The van der Waals surface area contributed by atoms with Gasteiger partial charge in [-0.15, -0.1) is 0 Å². The summed E-state index contributed by atoms with van der Waals surface area (Å²) in [5.74, 6) is 0.883. The highest BCUT2D eigenvalue weighted by atomic mass is 35.5. The van der Waals surface area contributed by atoms with Crippen LogP contribution in [0.1, 0.15) is 19.8 Å². The second-order valence-electron chi connectivity index (χ2n) is 3.96. The minimum Gasteiger partial charge on any atom is -0.492 e. The van der Waals surface area contributed by atoms with E-state index in [1.54, 1.807) is 0 Å². The van der Waals surface area contributed by atoms with E-state index in [-0.39, 0.29) is 0 Å². The van der Waals surface area contributed by atoms with E-state index < -0.39 is 0 Å². The number of hydrogen-bond acceptors (Lipinski definition) is 2. The van der Waals surface area contributed by atoms with Crippen LogP contribution in [-0.4, -0.2) is 31.6 Å². The first-order valence-corrected chi connectivity index (χ1v) is 6.17. The van der Waals surface area contributed by atoms with Gasteiger partial charge in [-0.05, 0) is 44.3 Å². The third-order valence-corrected chi connectivity index (χ3v) is 2.70. The van der Waals surface area contributed by atoms with Crippen LogP contribution in [0.15, 0.2) is 24.3 Å². The Balaban J connectivity index is 2.17. The molecule has 0 aliphatic carbocycles. The molecule has 2 nitrogen and oxygen atoms in total. The van der Waals surface area contributed by atoms with Crippen molar-refractivity contribution in [1.29, 1.82) is 0 Å². The highest BCUT2D eigenvalue weighted by molar-refractivity contribution is 6.30. The zero-order valence-corrected chi connectivity index (χ0v) is 10.8. The fourth-order valence-electron chi connectivity index (χ4n) is 1.39. The molecule has 0 N–H and O–H groups in total. The van der Waals surface area contributed by atoms with Crippen LogP contribution in [0.3, 0.4) is 0 Å². The van der Waals surface area contributed by atoms with Crippen LogP contribution in [0.5, 0.6) is 5.75 Å². The Kier molecular flexibility index (Phi) is 6.27. The Morgan fingerprint density at radius 2 is 1.88 bits per heavy atom. The maximum atomic E-state index is 5.79. The SMILES string of the molecule is CCCCN(C)CCOc1ccc(Cl)cc1. The monoisotopic (exact) mass is 241 g/mol. The van der Waals surface area contributed by atoms with E-state index in [1.807, 2.05) is 24.3 Å². The summed E-state index contributed by atoms with van der Waals surface area (Å²) in [7, 11) is 2.13. The van der Waals surface area contributed by atoms with Crippen LogP contribution < -0.4 is 4.74 Å². The molecule has 0 spiro atoms. The molecular weight excluding hydrogens is 222 g/mol. The summed E-state index contributed by atoms with van der Waals surface area (Å²) in [6.07, 6.45) is 2.49. The van der Waals surface area contributed by atoms with E-state index in [0.29, 0.717) is 0 Å². The van der Waals surface area contributed by atoms with Crippen molar-refractivity contribution in [2.24, 2.45) is 0 Å². The van der Waals surface area contributed by atoms with Crippen molar-refractivity contribution in [1.82, 2.24) is 4.90 Å².